The van der Waals surface area contributed by atoms with Gasteiger partial charge in [-0.25, -0.2) is 0 Å². The maximum atomic E-state index is 14.8. The molecule has 0 unspecified atom stereocenters. The number of pyridine rings is 1. The minimum atomic E-state index is -2.99. The quantitative estimate of drug-likeness (QED) is 0.0118. The first kappa shape index (κ1) is 80.3. The summed E-state index contributed by atoms with van der Waals surface area (Å²) >= 11 is 3.23. The van der Waals surface area contributed by atoms with Crippen LogP contribution in [0, 0.1) is 5.92 Å². The van der Waals surface area contributed by atoms with Crippen molar-refractivity contribution in [1.29, 1.82) is 0 Å². The molecule has 10 atom stereocenters. The Morgan fingerprint density at radius 3 is 1.72 bits per heavy atom. The summed E-state index contributed by atoms with van der Waals surface area (Å²) in [6, 6.07) is 8.77. The van der Waals surface area contributed by atoms with E-state index in [1.165, 1.54) is 31.1 Å². The summed E-state index contributed by atoms with van der Waals surface area (Å²) in [6.45, 7) is 5.37. The molecule has 0 spiro atoms. The molecule has 4 aromatic rings. The number of halogens is 1. The zero-order valence-corrected chi connectivity index (χ0v) is 59.8. The number of guanidine groups is 1. The van der Waals surface area contributed by atoms with Crippen LogP contribution >= 0.6 is 11.6 Å². The number of likely N-dealkylation sites (tertiary alicyclic amines) is 1. The van der Waals surface area contributed by atoms with Crippen molar-refractivity contribution in [3.8, 4) is 0 Å². The smallest absolute Gasteiger partial charge is 0.370 e. The van der Waals surface area contributed by atoms with Crippen LogP contribution in [-0.4, -0.2) is 192 Å². The van der Waals surface area contributed by atoms with E-state index in [1.807, 2.05) is 59.7 Å². The van der Waals surface area contributed by atoms with Gasteiger partial charge in [0.05, 0.1) is 0 Å². The molecule has 99 heavy (non-hydrogen) atoms. The number of urea groups is 1. The van der Waals surface area contributed by atoms with E-state index in [-0.39, 0.29) is 94.6 Å². The Bertz CT molecular complexity index is 3510. The van der Waals surface area contributed by atoms with E-state index >= 15 is 0 Å². The molecule has 1 aliphatic rings. The molecule has 0 radical (unpaired) electrons. The molecule has 32 heteroatoms. The third kappa shape index (κ3) is 27.4. The number of aliphatic hydroxyl groups excluding tert-OH is 1. The first-order valence-electron chi connectivity index (χ1n) is 32.9. The number of amides is 13. The van der Waals surface area contributed by atoms with Crippen molar-refractivity contribution in [3.05, 3.63) is 113 Å². The van der Waals surface area contributed by atoms with Gasteiger partial charge in [0.1, 0.15) is 18.1 Å². The summed E-state index contributed by atoms with van der Waals surface area (Å²) < 4.78 is 0. The first-order chi connectivity index (χ1) is 46.8. The third-order valence-corrected chi connectivity index (χ3v) is 19.8. The van der Waals surface area contributed by atoms with Crippen LogP contribution in [0.1, 0.15) is 89.3 Å². The van der Waals surface area contributed by atoms with Gasteiger partial charge in [0.2, 0.25) is 23.6 Å². The van der Waals surface area contributed by atoms with Gasteiger partial charge in [-0.3, -0.25) is 29.0 Å². The second-order valence-electron chi connectivity index (χ2n) is 26.2. The molecule has 1 fully saturated rings. The average Bonchev–Trinajstić information content (AvgIpc) is 1.82. The number of aromatic nitrogens is 1. The fraction of sp³-hybridized carbons (Fsp3) is 0.493. The Kier molecular flexibility index (Phi) is 31.8. The van der Waals surface area contributed by atoms with E-state index in [9.17, 15) is 62.6 Å². The van der Waals surface area contributed by atoms with Gasteiger partial charge in [-0.15, -0.1) is 0 Å². The molecule has 30 nitrogen and oxygen atoms in total. The van der Waals surface area contributed by atoms with E-state index in [2.05, 4.69) is 63.1 Å². The number of hydrogen-bond donors (Lipinski definition) is 15. The minimum Gasteiger partial charge on any atom is -0.370 e. The normalized spacial score (nSPS) is 15.5. The standard InChI is InChI=1S/C67H96ClGeN17O13/c1-38(2)30-49(58(91)80-48(18-12-27-75-66(71)72)65(98)86-29-13-19-55(86)64(97)77-39(3)56(70)89)81-57(90)47(17-11-28-76-67(73)99)79-62(95)53(35-69(5,6)7)84-63(96)54(37-87)85-61(94)52(34-43-14-10-26-74-36-43)83-60(93)51(32-41-21-24-46(68)25-22-41)82-59(92)50(78-40(4)88)33-42-20-23-44-15-8-9-16-45(44)31-42/h8-10,14-16,20-26,31,36,38-39,47-55,87H,11-13,17-19,27-30,32-35,37H2,1-7H3,(H2,70,89)(H,77,97)(H,78,88)(H,79,95)(H,80,91)(H,81,90)(H,82,92)(H,83,93)(H,84,96)(H,85,94)(H4,71,72,75)(H3,73,76,99)/t39-,47-,48+,49+,50-,51-,52-,53+,54+,55+/m1/s1. The molecule has 1 aromatic heterocycles. The Labute approximate surface area is 583 Å². The van der Waals surface area contributed by atoms with Crippen LogP contribution in [0.15, 0.2) is 96.2 Å². The summed E-state index contributed by atoms with van der Waals surface area (Å²) in [6.07, 6.45) is 3.40. The molecular weight excluding hydrogens is 1360 g/mol. The summed E-state index contributed by atoms with van der Waals surface area (Å²) in [5, 5.41) is 39.8. The molecule has 2 heterocycles. The summed E-state index contributed by atoms with van der Waals surface area (Å²) in [4.78, 5) is 176. The van der Waals surface area contributed by atoms with Gasteiger partial charge < -0.3 is 32.7 Å². The number of hydrogen-bond acceptors (Lipinski definition) is 15. The molecule has 538 valence electrons. The van der Waals surface area contributed by atoms with E-state index in [4.69, 9.17) is 34.5 Å². The van der Waals surface area contributed by atoms with Crippen LogP contribution in [0.25, 0.3) is 10.8 Å². The van der Waals surface area contributed by atoms with Gasteiger partial charge in [-0.05, 0) is 60.2 Å². The Morgan fingerprint density at radius 2 is 1.13 bits per heavy atom. The van der Waals surface area contributed by atoms with Crippen LogP contribution in [0.4, 0.5) is 4.79 Å². The van der Waals surface area contributed by atoms with Crippen LogP contribution in [0.2, 0.25) is 27.5 Å². The van der Waals surface area contributed by atoms with E-state index in [0.717, 1.165) is 10.8 Å². The first-order valence-corrected chi connectivity index (χ1v) is 41.1. The molecule has 1 saturated heterocycles. The Hall–Kier alpha value is -9.43. The van der Waals surface area contributed by atoms with Gasteiger partial charge >= 0.3 is 313 Å². The fourth-order valence-electron chi connectivity index (χ4n) is 11.1. The second-order valence-corrected chi connectivity index (χ2v) is 38.3. The minimum absolute atomic E-state index is 0.0155. The molecule has 1 aliphatic heterocycles. The van der Waals surface area contributed by atoms with Gasteiger partial charge in [-0.2, -0.15) is 0 Å². The number of nitrogens with zero attached hydrogens (tertiary/aromatic N) is 3. The molecule has 0 aliphatic carbocycles. The molecular formula is C67H96ClGeN17O13. The number of benzene rings is 3. The van der Waals surface area contributed by atoms with Crippen LogP contribution in [0.3, 0.4) is 0 Å². The number of carbonyl (C=O) groups is 12. The van der Waals surface area contributed by atoms with Crippen molar-refractivity contribution >= 4 is 113 Å². The number of nitrogens with two attached hydrogens (primary N) is 4. The van der Waals surface area contributed by atoms with Crippen molar-refractivity contribution in [2.45, 2.75) is 175 Å². The average molecular weight is 1460 g/mol. The number of aliphatic imine (C=N–C) groups is 1. The molecule has 0 bridgehead atoms. The number of carbonyl (C=O) groups excluding carboxylic acids is 12. The van der Waals surface area contributed by atoms with Crippen molar-refractivity contribution in [2.75, 3.05) is 26.2 Å². The van der Waals surface area contributed by atoms with Crippen LogP contribution < -0.4 is 76.1 Å². The van der Waals surface area contributed by atoms with Crippen LogP contribution in [-0.2, 0) is 72.0 Å². The summed E-state index contributed by atoms with van der Waals surface area (Å²) in [7, 11) is 0. The van der Waals surface area contributed by atoms with Crippen molar-refractivity contribution in [1.82, 2.24) is 63.1 Å². The molecule has 3 aromatic carbocycles. The number of rotatable bonds is 38. The van der Waals surface area contributed by atoms with Crippen molar-refractivity contribution in [2.24, 2.45) is 33.8 Å². The topological polar surface area (TPSA) is 478 Å². The monoisotopic (exact) mass is 1460 g/mol. The van der Waals surface area contributed by atoms with E-state index < -0.39 is 151 Å². The Morgan fingerprint density at radius 1 is 0.606 bits per heavy atom. The Balaban J connectivity index is 1.39. The summed E-state index contributed by atoms with van der Waals surface area (Å²) in [5.74, 6) is -3.26. The van der Waals surface area contributed by atoms with Gasteiger partial charge in [0.25, 0.3) is 0 Å². The SMILES string of the molecule is CC(=O)N[C@H](Cc1ccc2ccccc2c1)C(=O)N[C@H](Cc1ccc(Cl)cc1)C(=O)N[C@H](Cc1cccnc1)C(=O)N[C@@H](CO)C(=O)N[C@@H]([CH2][Ge]([CH3])([CH3])[CH3])C(=O)N[C@H](CCCNC(N)=O)C(=O)N[C@@H](CC(C)C)C(=O)N[C@@H](CCCN=C(N)N)C(=O)N1CCC[C@H]1C(=O)N[C@H](C)C(N)=O. The number of primary amides is 2. The van der Waals surface area contributed by atoms with E-state index in [1.54, 1.807) is 50.2 Å². The molecule has 19 N–H and O–H groups in total. The van der Waals surface area contributed by atoms with Crippen molar-refractivity contribution in [3.63, 3.8) is 0 Å². The second kappa shape index (κ2) is 39.2. The number of nitrogens with one attached hydrogen (secondary N) is 10. The zero-order chi connectivity index (χ0) is 73.1. The fourth-order valence-corrected chi connectivity index (χ4v) is 14.4. The third-order valence-electron chi connectivity index (χ3n) is 16.1. The maximum absolute atomic E-state index is 14.8. The van der Waals surface area contributed by atoms with Gasteiger partial charge in [0, 0.05) is 37.7 Å². The van der Waals surface area contributed by atoms with Gasteiger partial charge in [-0.1, -0.05) is 66.2 Å². The number of aliphatic hydroxyl groups is 1. The number of fused-ring (bicyclic) bond motifs is 1. The van der Waals surface area contributed by atoms with Gasteiger partial charge in [0.15, 0.2) is 5.96 Å². The predicted octanol–water partition coefficient (Wildman–Crippen LogP) is -0.326. The van der Waals surface area contributed by atoms with Crippen LogP contribution in [0.5, 0.6) is 0 Å². The summed E-state index contributed by atoms with van der Waals surface area (Å²) in [5.41, 5.74) is 23.6. The van der Waals surface area contributed by atoms with Crippen molar-refractivity contribution < 1.29 is 62.6 Å². The molecule has 0 saturated carbocycles. The van der Waals surface area contributed by atoms with E-state index in [0.29, 0.717) is 28.1 Å². The molecule has 13 amide bonds. The predicted molar refractivity (Wildman–Crippen MR) is 375 cm³/mol. The molecule has 5 rings (SSSR count). The zero-order valence-electron chi connectivity index (χ0n) is 57.0.